The van der Waals surface area contributed by atoms with Gasteiger partial charge in [0.2, 0.25) is 0 Å². The van der Waals surface area contributed by atoms with Gasteiger partial charge in [-0.3, -0.25) is 4.79 Å². The van der Waals surface area contributed by atoms with Crippen LogP contribution in [0.15, 0.2) is 6.07 Å². The van der Waals surface area contributed by atoms with Crippen LogP contribution in [-0.4, -0.2) is 24.0 Å². The first kappa shape index (κ1) is 16.0. The largest absolute Gasteiger partial charge is 0.451 e. The van der Waals surface area contributed by atoms with Crippen molar-refractivity contribution < 1.29 is 14.3 Å². The molecule has 0 saturated heterocycles. The maximum atomic E-state index is 12.1. The second-order valence-electron chi connectivity index (χ2n) is 6.29. The zero-order chi connectivity index (χ0) is 16.3. The molecule has 1 heterocycles. The van der Waals surface area contributed by atoms with Gasteiger partial charge >= 0.3 is 5.97 Å². The van der Waals surface area contributed by atoms with Crippen molar-refractivity contribution in [3.05, 3.63) is 21.4 Å². The number of hydrogen-bond donors (Lipinski definition) is 1. The van der Waals surface area contributed by atoms with Gasteiger partial charge in [0.1, 0.15) is 10.4 Å². The summed E-state index contributed by atoms with van der Waals surface area (Å²) in [4.78, 5) is 25.9. The van der Waals surface area contributed by atoms with E-state index in [4.69, 9.17) is 4.74 Å². The Kier molecular flexibility index (Phi) is 4.67. The van der Waals surface area contributed by atoms with Gasteiger partial charge in [-0.1, -0.05) is 0 Å². The fourth-order valence-corrected chi connectivity index (χ4v) is 4.49. The molecule has 1 aromatic rings. The molecule has 0 aliphatic heterocycles. The number of nitriles is 1. The van der Waals surface area contributed by atoms with Crippen LogP contribution in [0.2, 0.25) is 0 Å². The predicted octanol–water partition coefficient (Wildman–Crippen LogP) is 2.74. The molecule has 1 saturated carbocycles. The van der Waals surface area contributed by atoms with Crippen molar-refractivity contribution >= 4 is 23.2 Å². The number of aryl methyl sites for hydroxylation is 2. The van der Waals surface area contributed by atoms with Crippen LogP contribution in [-0.2, 0) is 22.4 Å². The number of carbonyl (C=O) groups excluding carboxylic acids is 2. The van der Waals surface area contributed by atoms with Gasteiger partial charge in [-0.05, 0) is 63.0 Å². The molecule has 0 radical (unpaired) electrons. The Morgan fingerprint density at radius 3 is 2.70 bits per heavy atom. The van der Waals surface area contributed by atoms with Crippen molar-refractivity contribution in [1.29, 1.82) is 5.26 Å². The van der Waals surface area contributed by atoms with Gasteiger partial charge in [-0.25, -0.2) is 4.79 Å². The molecule has 3 rings (SSSR count). The minimum absolute atomic E-state index is 0.329. The highest BCUT2D eigenvalue weighted by Gasteiger charge is 2.35. The van der Waals surface area contributed by atoms with Crippen LogP contribution in [0.1, 0.15) is 58.6 Å². The molecule has 0 spiro atoms. The van der Waals surface area contributed by atoms with Gasteiger partial charge in [0.15, 0.2) is 6.61 Å². The summed E-state index contributed by atoms with van der Waals surface area (Å²) in [6, 6.07) is 4.09. The first-order valence-electron chi connectivity index (χ1n) is 8.13. The number of nitrogens with one attached hydrogen (secondary N) is 1. The Morgan fingerprint density at radius 1 is 1.26 bits per heavy atom. The number of amides is 1. The summed E-state index contributed by atoms with van der Waals surface area (Å²) in [5.41, 5.74) is 0.470. The first-order valence-corrected chi connectivity index (χ1v) is 8.94. The highest BCUT2D eigenvalue weighted by molar-refractivity contribution is 7.14. The van der Waals surface area contributed by atoms with E-state index in [0.29, 0.717) is 17.7 Å². The summed E-state index contributed by atoms with van der Waals surface area (Å²) in [5, 5.41) is 12.0. The highest BCUT2D eigenvalue weighted by atomic mass is 32.1. The third-order valence-corrected chi connectivity index (χ3v) is 5.80. The molecule has 0 bridgehead atoms. The monoisotopic (exact) mass is 332 g/mol. The summed E-state index contributed by atoms with van der Waals surface area (Å²) >= 11 is 1.47. The smallest absolute Gasteiger partial charge is 0.348 e. The van der Waals surface area contributed by atoms with E-state index in [-0.39, 0.29) is 6.61 Å². The molecule has 1 aromatic heterocycles. The zero-order valence-corrected chi connectivity index (χ0v) is 13.8. The Balaban J connectivity index is 1.53. The maximum absolute atomic E-state index is 12.1. The molecule has 5 nitrogen and oxygen atoms in total. The van der Waals surface area contributed by atoms with Crippen LogP contribution in [0, 0.1) is 11.3 Å². The zero-order valence-electron chi connectivity index (χ0n) is 13.0. The first-order chi connectivity index (χ1) is 11.1. The van der Waals surface area contributed by atoms with Crippen molar-refractivity contribution in [2.75, 3.05) is 6.61 Å². The van der Waals surface area contributed by atoms with Crippen LogP contribution in [0.5, 0.6) is 0 Å². The molecule has 6 heteroatoms. The normalized spacial score (nSPS) is 18.7. The summed E-state index contributed by atoms with van der Waals surface area (Å²) in [6.07, 6.45) is 7.59. The quantitative estimate of drug-likeness (QED) is 0.860. The molecule has 1 N–H and O–H groups in total. The Morgan fingerprint density at radius 2 is 2.00 bits per heavy atom. The molecule has 1 fully saturated rings. The molecule has 1 amide bonds. The van der Waals surface area contributed by atoms with E-state index in [0.717, 1.165) is 32.1 Å². The number of hydrogen-bond acceptors (Lipinski definition) is 5. The van der Waals surface area contributed by atoms with E-state index in [1.807, 2.05) is 6.07 Å². The molecular formula is C17H20N2O3S. The van der Waals surface area contributed by atoms with Crippen molar-refractivity contribution in [1.82, 2.24) is 5.32 Å². The van der Waals surface area contributed by atoms with E-state index in [9.17, 15) is 14.9 Å². The van der Waals surface area contributed by atoms with E-state index in [2.05, 4.69) is 11.4 Å². The van der Waals surface area contributed by atoms with Crippen molar-refractivity contribution in [2.24, 2.45) is 0 Å². The molecule has 2 aliphatic carbocycles. The van der Waals surface area contributed by atoms with Gasteiger partial charge in [0.05, 0.1) is 6.07 Å². The minimum Gasteiger partial charge on any atom is -0.451 e. The lowest BCUT2D eigenvalue weighted by Gasteiger charge is -2.21. The number of fused-ring (bicyclic) bond motifs is 1. The van der Waals surface area contributed by atoms with Gasteiger partial charge in [-0.2, -0.15) is 5.26 Å². The lowest BCUT2D eigenvalue weighted by atomic mass is 9.99. The van der Waals surface area contributed by atoms with E-state index in [1.54, 1.807) is 0 Å². The number of esters is 1. The molecule has 122 valence electrons. The minimum atomic E-state index is -0.772. The van der Waals surface area contributed by atoms with Gasteiger partial charge in [0.25, 0.3) is 5.91 Å². The van der Waals surface area contributed by atoms with Crippen molar-refractivity contribution in [2.45, 2.75) is 56.9 Å². The van der Waals surface area contributed by atoms with Crippen molar-refractivity contribution in [3.63, 3.8) is 0 Å². The molecule has 0 atom stereocenters. The molecule has 23 heavy (non-hydrogen) atoms. The molecule has 0 aromatic carbocycles. The summed E-state index contributed by atoms with van der Waals surface area (Å²) < 4.78 is 5.12. The van der Waals surface area contributed by atoms with Gasteiger partial charge < -0.3 is 10.1 Å². The lowest BCUT2D eigenvalue weighted by molar-refractivity contribution is -0.125. The summed E-state index contributed by atoms with van der Waals surface area (Å²) in [7, 11) is 0. The Bertz CT molecular complexity index is 630. The summed E-state index contributed by atoms with van der Waals surface area (Å²) in [5.74, 6) is -0.847. The second kappa shape index (κ2) is 6.71. The standard InChI is InChI=1S/C17H20N2O3S/c18-11-17(7-3-4-8-17)19-15(20)10-22-16(21)14-9-12-5-1-2-6-13(12)23-14/h9H,1-8,10H2,(H,19,20). The second-order valence-corrected chi connectivity index (χ2v) is 7.43. The van der Waals surface area contributed by atoms with Crippen LogP contribution < -0.4 is 5.32 Å². The number of carbonyl (C=O) groups is 2. The predicted molar refractivity (Wildman–Crippen MR) is 86.2 cm³/mol. The van der Waals surface area contributed by atoms with Crippen LogP contribution >= 0.6 is 11.3 Å². The third-order valence-electron chi connectivity index (χ3n) is 4.58. The van der Waals surface area contributed by atoms with Crippen LogP contribution in [0.25, 0.3) is 0 Å². The van der Waals surface area contributed by atoms with E-state index < -0.39 is 17.4 Å². The fourth-order valence-electron chi connectivity index (χ4n) is 3.34. The maximum Gasteiger partial charge on any atom is 0.348 e. The van der Waals surface area contributed by atoms with Crippen molar-refractivity contribution in [3.8, 4) is 6.07 Å². The average molecular weight is 332 g/mol. The lowest BCUT2D eigenvalue weighted by Crippen LogP contribution is -2.46. The SMILES string of the molecule is N#CC1(NC(=O)COC(=O)c2cc3c(s2)CCCC3)CCCC1. The van der Waals surface area contributed by atoms with Gasteiger partial charge in [0, 0.05) is 4.88 Å². The van der Waals surface area contributed by atoms with E-state index in [1.165, 1.54) is 28.2 Å². The topological polar surface area (TPSA) is 79.2 Å². The Hall–Kier alpha value is -1.87. The van der Waals surface area contributed by atoms with Crippen LogP contribution in [0.3, 0.4) is 0 Å². The summed E-state index contributed by atoms with van der Waals surface area (Å²) in [6.45, 7) is -0.329. The number of thiophene rings is 1. The molecule has 0 unspecified atom stereocenters. The van der Waals surface area contributed by atoms with Crippen LogP contribution in [0.4, 0.5) is 0 Å². The average Bonchev–Trinajstić information content (AvgIpc) is 3.19. The highest BCUT2D eigenvalue weighted by Crippen LogP contribution is 2.30. The number of nitrogens with zero attached hydrogens (tertiary/aromatic N) is 1. The molecular weight excluding hydrogens is 312 g/mol. The molecule has 2 aliphatic rings. The number of rotatable bonds is 4. The van der Waals surface area contributed by atoms with E-state index >= 15 is 0 Å². The van der Waals surface area contributed by atoms with Gasteiger partial charge in [-0.15, -0.1) is 11.3 Å². The number of ether oxygens (including phenoxy) is 1. The Labute approximate surface area is 139 Å². The third kappa shape index (κ3) is 3.56. The fraction of sp³-hybridized carbons (Fsp3) is 0.588.